The summed E-state index contributed by atoms with van der Waals surface area (Å²) in [6.45, 7) is 10.9. The Labute approximate surface area is 222 Å². The molecule has 198 valence electrons. The lowest BCUT2D eigenvalue weighted by atomic mass is 9.69. The van der Waals surface area contributed by atoms with E-state index in [4.69, 9.17) is 9.84 Å². The van der Waals surface area contributed by atoms with Crippen LogP contribution in [0.25, 0.3) is 28.2 Å². The Morgan fingerprint density at radius 3 is 2.55 bits per heavy atom. The first-order valence-electron chi connectivity index (χ1n) is 13.4. The molecule has 38 heavy (non-hydrogen) atoms. The minimum absolute atomic E-state index is 0.0464. The standard InChI is InChI=1S/C29H35N7O2/c1-17(2)24-25(33-34-26(24)22-12-18(3)27-31-16-32-36(27)13-22)21-8-6-20(7-9-21)19(4)29(28(37)30-5)10-11-35(29)23-14-38-15-23/h6-9,12-13,16-17,19,23H,10-11,14-15H2,1-5H3,(H,30,37)(H,33,34)/t19-,29?/m0/s1. The fourth-order valence-electron chi connectivity index (χ4n) is 6.31. The molecule has 0 spiro atoms. The van der Waals surface area contributed by atoms with Crippen molar-refractivity contribution < 1.29 is 9.53 Å². The summed E-state index contributed by atoms with van der Waals surface area (Å²) in [6, 6.07) is 11.1. The van der Waals surface area contributed by atoms with E-state index in [0.29, 0.717) is 19.3 Å². The molecule has 2 saturated heterocycles. The topological polar surface area (TPSA) is 100 Å². The smallest absolute Gasteiger partial charge is 0.240 e. The molecule has 2 aliphatic rings. The summed E-state index contributed by atoms with van der Waals surface area (Å²) in [5.41, 5.74) is 7.73. The number of hydrogen-bond acceptors (Lipinski definition) is 6. The number of likely N-dealkylation sites (N-methyl/N-ethyl adjacent to an activating group) is 1. The summed E-state index contributed by atoms with van der Waals surface area (Å²) in [5.74, 6) is 0.395. The molecular weight excluding hydrogens is 478 g/mol. The molecule has 1 amide bonds. The van der Waals surface area contributed by atoms with Crippen LogP contribution in [0.15, 0.2) is 42.9 Å². The van der Waals surface area contributed by atoms with E-state index >= 15 is 0 Å². The van der Waals surface area contributed by atoms with Crippen molar-refractivity contribution in [2.75, 3.05) is 26.8 Å². The number of aromatic amines is 1. The number of benzene rings is 1. The predicted octanol–water partition coefficient (Wildman–Crippen LogP) is 3.91. The summed E-state index contributed by atoms with van der Waals surface area (Å²) in [7, 11) is 1.74. The van der Waals surface area contributed by atoms with Crippen LogP contribution in [0, 0.1) is 6.92 Å². The number of hydrogen-bond donors (Lipinski definition) is 2. The van der Waals surface area contributed by atoms with Crippen LogP contribution in [0.5, 0.6) is 0 Å². The summed E-state index contributed by atoms with van der Waals surface area (Å²) in [6.07, 6.45) is 4.41. The van der Waals surface area contributed by atoms with E-state index in [2.05, 4.69) is 76.5 Å². The van der Waals surface area contributed by atoms with Gasteiger partial charge in [0.2, 0.25) is 5.91 Å². The zero-order valence-corrected chi connectivity index (χ0v) is 22.7. The number of nitrogens with zero attached hydrogens (tertiary/aromatic N) is 5. The fourth-order valence-corrected chi connectivity index (χ4v) is 6.31. The molecule has 5 heterocycles. The maximum absolute atomic E-state index is 13.2. The van der Waals surface area contributed by atoms with E-state index < -0.39 is 5.54 Å². The number of ether oxygens (including phenoxy) is 1. The van der Waals surface area contributed by atoms with Gasteiger partial charge in [-0.3, -0.25) is 14.8 Å². The van der Waals surface area contributed by atoms with Gasteiger partial charge in [-0.05, 0) is 42.0 Å². The van der Waals surface area contributed by atoms with Crippen LogP contribution in [0.1, 0.15) is 55.7 Å². The molecule has 9 heteroatoms. The molecule has 9 nitrogen and oxygen atoms in total. The van der Waals surface area contributed by atoms with Gasteiger partial charge in [0.15, 0.2) is 5.65 Å². The minimum atomic E-state index is -0.535. The maximum Gasteiger partial charge on any atom is 0.240 e. The highest BCUT2D eigenvalue weighted by molar-refractivity contribution is 5.88. The lowest BCUT2D eigenvalue weighted by molar-refractivity contribution is -0.173. The Morgan fingerprint density at radius 1 is 1.18 bits per heavy atom. The first-order chi connectivity index (χ1) is 18.3. The SMILES string of the molecule is CNC(=O)C1([C@@H](C)c2ccc(-c3[nH]nc(-c4cc(C)c5ncnn5c4)c3C(C)C)cc2)CCN1C1COC1. The highest BCUT2D eigenvalue weighted by Gasteiger charge is 2.57. The maximum atomic E-state index is 13.2. The van der Waals surface area contributed by atoms with E-state index in [1.165, 1.54) is 5.56 Å². The van der Waals surface area contributed by atoms with E-state index in [-0.39, 0.29) is 17.7 Å². The zero-order chi connectivity index (χ0) is 26.6. The number of rotatable bonds is 7. The summed E-state index contributed by atoms with van der Waals surface area (Å²) >= 11 is 0. The van der Waals surface area contributed by atoms with Gasteiger partial charge >= 0.3 is 0 Å². The Morgan fingerprint density at radius 2 is 1.95 bits per heavy atom. The van der Waals surface area contributed by atoms with Crippen molar-refractivity contribution in [3.05, 3.63) is 59.5 Å². The average Bonchev–Trinajstić information content (AvgIpc) is 3.53. The van der Waals surface area contributed by atoms with Crippen LogP contribution in [-0.2, 0) is 9.53 Å². The van der Waals surface area contributed by atoms with Crippen molar-refractivity contribution in [1.29, 1.82) is 0 Å². The van der Waals surface area contributed by atoms with E-state index in [0.717, 1.165) is 52.3 Å². The van der Waals surface area contributed by atoms with Gasteiger partial charge in [-0.1, -0.05) is 45.0 Å². The largest absolute Gasteiger partial charge is 0.378 e. The number of H-pyrrole nitrogens is 1. The van der Waals surface area contributed by atoms with Crippen molar-refractivity contribution in [3.8, 4) is 22.5 Å². The minimum Gasteiger partial charge on any atom is -0.378 e. The number of likely N-dealkylation sites (tertiary alicyclic amines) is 1. The van der Waals surface area contributed by atoms with Crippen LogP contribution in [0.3, 0.4) is 0 Å². The number of aryl methyl sites for hydroxylation is 1. The van der Waals surface area contributed by atoms with Gasteiger partial charge in [-0.2, -0.15) is 10.2 Å². The second-order valence-corrected chi connectivity index (χ2v) is 10.9. The molecule has 0 bridgehead atoms. The van der Waals surface area contributed by atoms with Gasteiger partial charge in [0, 0.05) is 36.8 Å². The first kappa shape index (κ1) is 24.8. The Bertz CT molecular complexity index is 1480. The number of amides is 1. The number of carbonyl (C=O) groups is 1. The second kappa shape index (κ2) is 9.32. The van der Waals surface area contributed by atoms with Crippen LogP contribution in [0.2, 0.25) is 0 Å². The third kappa shape index (κ3) is 3.67. The van der Waals surface area contributed by atoms with Crippen molar-refractivity contribution in [2.45, 2.75) is 57.5 Å². The molecule has 2 atom stereocenters. The number of pyridine rings is 1. The molecule has 0 radical (unpaired) electrons. The Balaban J connectivity index is 1.34. The van der Waals surface area contributed by atoms with Crippen molar-refractivity contribution in [3.63, 3.8) is 0 Å². The zero-order valence-electron chi connectivity index (χ0n) is 22.7. The third-order valence-electron chi connectivity index (χ3n) is 8.56. The quantitative estimate of drug-likeness (QED) is 0.389. The van der Waals surface area contributed by atoms with E-state index in [1.807, 2.05) is 13.1 Å². The van der Waals surface area contributed by atoms with Crippen molar-refractivity contribution >= 4 is 11.6 Å². The molecule has 2 fully saturated rings. The third-order valence-corrected chi connectivity index (χ3v) is 8.56. The molecule has 2 aliphatic heterocycles. The summed E-state index contributed by atoms with van der Waals surface area (Å²) < 4.78 is 7.25. The molecule has 1 aromatic carbocycles. The highest BCUT2D eigenvalue weighted by atomic mass is 16.5. The summed E-state index contributed by atoms with van der Waals surface area (Å²) in [4.78, 5) is 19.9. The lowest BCUT2D eigenvalue weighted by Gasteiger charge is -2.59. The van der Waals surface area contributed by atoms with Gasteiger partial charge in [-0.25, -0.2) is 9.50 Å². The van der Waals surface area contributed by atoms with Crippen LogP contribution in [-0.4, -0.2) is 74.0 Å². The first-order valence-corrected chi connectivity index (χ1v) is 13.4. The number of nitrogens with one attached hydrogen (secondary N) is 2. The van der Waals surface area contributed by atoms with Gasteiger partial charge in [0.05, 0.1) is 30.6 Å². The Hall–Kier alpha value is -3.56. The molecule has 0 aliphatic carbocycles. The average molecular weight is 514 g/mol. The molecule has 0 saturated carbocycles. The molecule has 4 aromatic rings. The number of fused-ring (bicyclic) bond motifs is 1. The van der Waals surface area contributed by atoms with Crippen LogP contribution >= 0.6 is 0 Å². The predicted molar refractivity (Wildman–Crippen MR) is 146 cm³/mol. The van der Waals surface area contributed by atoms with Gasteiger partial charge in [-0.15, -0.1) is 0 Å². The molecule has 3 aromatic heterocycles. The van der Waals surface area contributed by atoms with Crippen molar-refractivity contribution in [2.24, 2.45) is 0 Å². The lowest BCUT2D eigenvalue weighted by Crippen LogP contribution is -2.74. The molecular formula is C29H35N7O2. The van der Waals surface area contributed by atoms with Gasteiger partial charge < -0.3 is 10.1 Å². The molecule has 1 unspecified atom stereocenters. The summed E-state index contributed by atoms with van der Waals surface area (Å²) in [5, 5.41) is 15.3. The van der Waals surface area contributed by atoms with Crippen molar-refractivity contribution in [1.82, 2.24) is 35.0 Å². The number of carbonyl (C=O) groups excluding carboxylic acids is 1. The fraction of sp³-hybridized carbons (Fsp3) is 0.448. The molecule has 6 rings (SSSR count). The normalized spacial score (nSPS) is 20.9. The Kier molecular flexibility index (Phi) is 6.07. The van der Waals surface area contributed by atoms with Crippen LogP contribution < -0.4 is 5.32 Å². The van der Waals surface area contributed by atoms with Gasteiger partial charge in [0.25, 0.3) is 0 Å². The van der Waals surface area contributed by atoms with E-state index in [1.54, 1.807) is 17.9 Å². The molecule has 2 N–H and O–H groups in total. The van der Waals surface area contributed by atoms with Crippen LogP contribution in [0.4, 0.5) is 0 Å². The monoisotopic (exact) mass is 513 g/mol. The second-order valence-electron chi connectivity index (χ2n) is 10.9. The van der Waals surface area contributed by atoms with E-state index in [9.17, 15) is 4.79 Å². The van der Waals surface area contributed by atoms with Gasteiger partial charge in [0.1, 0.15) is 11.9 Å². The highest BCUT2D eigenvalue weighted by Crippen LogP contribution is 2.46. The number of aromatic nitrogens is 5.